The lowest BCUT2D eigenvalue weighted by atomic mass is 10.1. The van der Waals surface area contributed by atoms with Gasteiger partial charge in [-0.3, -0.25) is 4.79 Å². The Balaban J connectivity index is 1.78. The maximum Gasteiger partial charge on any atom is 0.270 e. The summed E-state index contributed by atoms with van der Waals surface area (Å²) in [5.41, 5.74) is 0.885. The first kappa shape index (κ1) is 14.6. The van der Waals surface area contributed by atoms with Crippen LogP contribution in [0.3, 0.4) is 0 Å². The van der Waals surface area contributed by atoms with Gasteiger partial charge in [0.1, 0.15) is 5.69 Å². The van der Waals surface area contributed by atoms with E-state index in [0.717, 1.165) is 38.2 Å². The monoisotopic (exact) mass is 289 g/mol. The van der Waals surface area contributed by atoms with Crippen LogP contribution in [0.15, 0.2) is 18.3 Å². The maximum atomic E-state index is 13.0. The van der Waals surface area contributed by atoms with Crippen LogP contribution in [-0.4, -0.2) is 41.1 Å². The fraction of sp³-hybridized carbons (Fsp3) is 0.706. The van der Waals surface area contributed by atoms with Gasteiger partial charge in [-0.05, 0) is 57.8 Å². The Labute approximate surface area is 127 Å². The van der Waals surface area contributed by atoms with Gasteiger partial charge in [0, 0.05) is 24.8 Å². The molecule has 4 nitrogen and oxygen atoms in total. The average Bonchev–Trinajstić information content (AvgIpc) is 3.20. The first-order valence-corrected chi connectivity index (χ1v) is 8.49. The number of piperidine rings is 1. The molecule has 2 aliphatic rings. The number of hydrogen-bond donors (Lipinski definition) is 1. The van der Waals surface area contributed by atoms with Crippen LogP contribution in [0.5, 0.6) is 0 Å². The molecule has 0 unspecified atom stereocenters. The molecule has 1 saturated heterocycles. The van der Waals surface area contributed by atoms with E-state index in [2.05, 4.69) is 27.9 Å². The molecule has 4 heteroatoms. The van der Waals surface area contributed by atoms with Gasteiger partial charge in [0.25, 0.3) is 5.91 Å². The van der Waals surface area contributed by atoms with Crippen molar-refractivity contribution < 1.29 is 4.79 Å². The summed E-state index contributed by atoms with van der Waals surface area (Å²) < 4.78 is 2.22. The van der Waals surface area contributed by atoms with Gasteiger partial charge in [-0.2, -0.15) is 0 Å². The molecule has 1 amide bonds. The van der Waals surface area contributed by atoms with Crippen LogP contribution < -0.4 is 5.32 Å². The second-order valence-corrected chi connectivity index (χ2v) is 6.31. The van der Waals surface area contributed by atoms with E-state index in [9.17, 15) is 4.79 Å². The summed E-state index contributed by atoms with van der Waals surface area (Å²) in [5, 5.41) is 3.40. The summed E-state index contributed by atoms with van der Waals surface area (Å²) in [7, 11) is 0. The minimum absolute atomic E-state index is 0.230. The summed E-state index contributed by atoms with van der Waals surface area (Å²) in [6, 6.07) is 4.96. The summed E-state index contributed by atoms with van der Waals surface area (Å²) in [5.74, 6) is 0.230. The van der Waals surface area contributed by atoms with Crippen molar-refractivity contribution >= 4 is 5.91 Å². The van der Waals surface area contributed by atoms with Crippen molar-refractivity contribution in [3.63, 3.8) is 0 Å². The number of carbonyl (C=O) groups is 1. The molecule has 1 aliphatic heterocycles. The summed E-state index contributed by atoms with van der Waals surface area (Å²) in [6.07, 6.45) is 9.20. The smallest absolute Gasteiger partial charge is 0.270 e. The third-order valence-electron chi connectivity index (χ3n) is 5.07. The highest BCUT2D eigenvalue weighted by atomic mass is 16.2. The van der Waals surface area contributed by atoms with E-state index >= 15 is 0 Å². The van der Waals surface area contributed by atoms with Gasteiger partial charge >= 0.3 is 0 Å². The topological polar surface area (TPSA) is 37.3 Å². The highest BCUT2D eigenvalue weighted by Crippen LogP contribution is 2.27. The number of aromatic nitrogens is 1. The van der Waals surface area contributed by atoms with Crippen molar-refractivity contribution in [2.75, 3.05) is 19.6 Å². The maximum absolute atomic E-state index is 13.0. The lowest BCUT2D eigenvalue weighted by Crippen LogP contribution is -2.40. The van der Waals surface area contributed by atoms with E-state index in [1.807, 2.05) is 12.1 Å². The molecular formula is C17H27N3O. The van der Waals surface area contributed by atoms with Gasteiger partial charge in [-0.1, -0.05) is 12.8 Å². The second kappa shape index (κ2) is 6.65. The van der Waals surface area contributed by atoms with Gasteiger partial charge in [0.2, 0.25) is 0 Å². The van der Waals surface area contributed by atoms with Crippen molar-refractivity contribution in [1.29, 1.82) is 0 Å². The van der Waals surface area contributed by atoms with Crippen LogP contribution in [0.1, 0.15) is 62.0 Å². The molecule has 0 atom stereocenters. The molecule has 0 radical (unpaired) electrons. The van der Waals surface area contributed by atoms with Crippen molar-refractivity contribution in [2.24, 2.45) is 0 Å². The molecule has 1 N–H and O–H groups in total. The van der Waals surface area contributed by atoms with Crippen LogP contribution in [0.4, 0.5) is 0 Å². The van der Waals surface area contributed by atoms with E-state index in [0.29, 0.717) is 12.1 Å². The van der Waals surface area contributed by atoms with Crippen LogP contribution in [-0.2, 0) is 0 Å². The Bertz CT molecular complexity index is 470. The van der Waals surface area contributed by atoms with E-state index in [1.165, 1.54) is 25.7 Å². The minimum Gasteiger partial charge on any atom is -0.340 e. The number of amides is 1. The number of hydrogen-bond acceptors (Lipinski definition) is 2. The third kappa shape index (κ3) is 3.00. The van der Waals surface area contributed by atoms with Crippen LogP contribution in [0.2, 0.25) is 0 Å². The molecule has 3 rings (SSSR count). The lowest BCUT2D eigenvalue weighted by molar-refractivity contribution is 0.0678. The van der Waals surface area contributed by atoms with E-state index in [1.54, 1.807) is 0 Å². The Morgan fingerprint density at radius 3 is 2.67 bits per heavy atom. The van der Waals surface area contributed by atoms with Crippen LogP contribution in [0.25, 0.3) is 0 Å². The quantitative estimate of drug-likeness (QED) is 0.925. The number of nitrogens with one attached hydrogen (secondary N) is 1. The highest BCUT2D eigenvalue weighted by Gasteiger charge is 2.28. The molecule has 1 aromatic heterocycles. The molecule has 0 spiro atoms. The zero-order chi connectivity index (χ0) is 14.7. The van der Waals surface area contributed by atoms with Crippen LogP contribution in [0, 0.1) is 0 Å². The van der Waals surface area contributed by atoms with Crippen molar-refractivity contribution in [1.82, 2.24) is 14.8 Å². The van der Waals surface area contributed by atoms with E-state index in [-0.39, 0.29) is 5.91 Å². The minimum atomic E-state index is 0.230. The van der Waals surface area contributed by atoms with Crippen molar-refractivity contribution in [2.45, 2.75) is 57.5 Å². The first-order valence-electron chi connectivity index (χ1n) is 8.49. The number of rotatable bonds is 4. The predicted molar refractivity (Wildman–Crippen MR) is 84.5 cm³/mol. The standard InChI is InChI=1S/C17H27N3O/c1-2-19(14-6-3-4-7-14)17(21)16-8-5-13-20(16)15-9-11-18-12-10-15/h5,8,13-15,18H,2-4,6-7,9-12H2,1H3. The summed E-state index contributed by atoms with van der Waals surface area (Å²) in [4.78, 5) is 15.1. The van der Waals surface area contributed by atoms with Crippen molar-refractivity contribution in [3.05, 3.63) is 24.0 Å². The number of nitrogens with zero attached hydrogens (tertiary/aromatic N) is 2. The highest BCUT2D eigenvalue weighted by molar-refractivity contribution is 5.93. The molecule has 1 aromatic rings. The fourth-order valence-electron chi connectivity index (χ4n) is 3.91. The Kier molecular flexibility index (Phi) is 4.63. The Morgan fingerprint density at radius 1 is 1.29 bits per heavy atom. The molecule has 1 saturated carbocycles. The molecule has 2 heterocycles. The van der Waals surface area contributed by atoms with Crippen molar-refractivity contribution in [3.8, 4) is 0 Å². The van der Waals surface area contributed by atoms with Gasteiger partial charge in [0.05, 0.1) is 0 Å². The van der Waals surface area contributed by atoms with E-state index < -0.39 is 0 Å². The second-order valence-electron chi connectivity index (χ2n) is 6.31. The SMILES string of the molecule is CCN(C(=O)c1cccn1C1CCNCC1)C1CCCC1. The largest absolute Gasteiger partial charge is 0.340 e. The summed E-state index contributed by atoms with van der Waals surface area (Å²) >= 11 is 0. The zero-order valence-electron chi connectivity index (χ0n) is 13.1. The van der Waals surface area contributed by atoms with E-state index in [4.69, 9.17) is 0 Å². The Morgan fingerprint density at radius 2 is 2.00 bits per heavy atom. The van der Waals surface area contributed by atoms with Gasteiger partial charge in [-0.25, -0.2) is 0 Å². The molecule has 0 aromatic carbocycles. The number of carbonyl (C=O) groups excluding carboxylic acids is 1. The third-order valence-corrected chi connectivity index (χ3v) is 5.07. The molecule has 0 bridgehead atoms. The van der Waals surface area contributed by atoms with Crippen LogP contribution >= 0.6 is 0 Å². The molecule has 2 fully saturated rings. The Hall–Kier alpha value is -1.29. The molecular weight excluding hydrogens is 262 g/mol. The summed E-state index contributed by atoms with van der Waals surface area (Å²) in [6.45, 7) is 5.03. The molecule has 1 aliphatic carbocycles. The first-order chi connectivity index (χ1) is 10.3. The zero-order valence-corrected chi connectivity index (χ0v) is 13.1. The average molecular weight is 289 g/mol. The normalized spacial score (nSPS) is 20.8. The fourth-order valence-corrected chi connectivity index (χ4v) is 3.91. The lowest BCUT2D eigenvalue weighted by Gasteiger charge is -2.30. The van der Waals surface area contributed by atoms with Gasteiger partial charge < -0.3 is 14.8 Å². The van der Waals surface area contributed by atoms with Gasteiger partial charge in [0.15, 0.2) is 0 Å². The molecule has 21 heavy (non-hydrogen) atoms. The molecule has 116 valence electrons. The van der Waals surface area contributed by atoms with Gasteiger partial charge in [-0.15, -0.1) is 0 Å². The predicted octanol–water partition coefficient (Wildman–Crippen LogP) is 2.82.